The van der Waals surface area contributed by atoms with Crippen LogP contribution in [0, 0.1) is 10.7 Å². The average Bonchev–Trinajstić information content (AvgIpc) is 3.17. The monoisotopic (exact) mass is 455 g/mol. The van der Waals surface area contributed by atoms with E-state index in [0.717, 1.165) is 42.7 Å². The first kappa shape index (κ1) is 20.8. The summed E-state index contributed by atoms with van der Waals surface area (Å²) < 4.78 is 27.9. The number of anilines is 1. The number of benzene rings is 1. The normalized spacial score (nSPS) is 22.3. The number of hydrogen-bond donors (Lipinski definition) is 0. The highest BCUT2D eigenvalue weighted by molar-refractivity contribution is 7.91. The average molecular weight is 456 g/mol. The third kappa shape index (κ3) is 4.68. The molecule has 7 nitrogen and oxygen atoms in total. The molecule has 2 fully saturated rings. The van der Waals surface area contributed by atoms with E-state index in [2.05, 4.69) is 15.9 Å². The number of hydrogen-bond acceptors (Lipinski definition) is 6. The molecule has 10 heteroatoms. The molecular weight excluding hydrogens is 430 g/mol. The molecule has 158 valence electrons. The molecular formula is C19H26ClN5O2S2. The summed E-state index contributed by atoms with van der Waals surface area (Å²) >= 11 is 11.9. The highest BCUT2D eigenvalue weighted by Gasteiger charge is 2.29. The zero-order chi connectivity index (χ0) is 20.6. The van der Waals surface area contributed by atoms with Crippen molar-refractivity contribution in [1.82, 2.24) is 19.2 Å². The largest absolute Gasteiger partial charge is 0.368 e. The molecule has 0 N–H and O–H groups in total. The minimum Gasteiger partial charge on any atom is -0.368 e. The lowest BCUT2D eigenvalue weighted by Gasteiger charge is -2.36. The number of sulfone groups is 1. The summed E-state index contributed by atoms with van der Waals surface area (Å²) in [5.74, 6) is 1.56. The van der Waals surface area contributed by atoms with E-state index < -0.39 is 9.84 Å². The Morgan fingerprint density at radius 3 is 2.59 bits per heavy atom. The van der Waals surface area contributed by atoms with E-state index in [0.29, 0.717) is 30.0 Å². The number of halogens is 1. The molecule has 0 radical (unpaired) electrons. The van der Waals surface area contributed by atoms with Crippen LogP contribution in [0.5, 0.6) is 0 Å². The Bertz CT molecular complexity index is 1040. The lowest BCUT2D eigenvalue weighted by atomic mass is 10.1. The predicted molar refractivity (Wildman–Crippen MR) is 118 cm³/mol. The molecule has 0 aliphatic carbocycles. The summed E-state index contributed by atoms with van der Waals surface area (Å²) in [5, 5.41) is 5.49. The van der Waals surface area contributed by atoms with Gasteiger partial charge in [0.05, 0.1) is 28.9 Å². The number of nitrogens with zero attached hydrogens (tertiary/aromatic N) is 5. The van der Waals surface area contributed by atoms with Gasteiger partial charge >= 0.3 is 0 Å². The van der Waals surface area contributed by atoms with Crippen LogP contribution in [0.15, 0.2) is 24.3 Å². The van der Waals surface area contributed by atoms with Crippen LogP contribution in [-0.2, 0) is 30.0 Å². The molecule has 2 aliphatic rings. The SMILES string of the molecule is Cn1c(CC2CCS(=O)(=O)C2)nn(CN2CCN(c3ccccc3Cl)CC2)c1=S. The van der Waals surface area contributed by atoms with Crippen molar-refractivity contribution in [3.05, 3.63) is 39.9 Å². The minimum atomic E-state index is -2.88. The van der Waals surface area contributed by atoms with E-state index in [9.17, 15) is 8.42 Å². The van der Waals surface area contributed by atoms with Crippen LogP contribution in [0.2, 0.25) is 5.02 Å². The molecule has 4 rings (SSSR count). The minimum absolute atomic E-state index is 0.142. The molecule has 2 aromatic rings. The molecule has 0 bridgehead atoms. The standard InChI is InChI=1S/C19H26ClN5O2S2/c1-22-18(12-15-6-11-29(26,27)13-15)21-25(19(22)28)14-23-7-9-24(10-8-23)17-5-3-2-4-16(17)20/h2-5,15H,6-14H2,1H3. The second kappa shape index (κ2) is 8.37. The summed E-state index contributed by atoms with van der Waals surface area (Å²) in [6.07, 6.45) is 1.37. The third-order valence-electron chi connectivity index (χ3n) is 5.83. The zero-order valence-electron chi connectivity index (χ0n) is 16.5. The van der Waals surface area contributed by atoms with Gasteiger partial charge in [0.15, 0.2) is 14.6 Å². The molecule has 1 aromatic carbocycles. The topological polar surface area (TPSA) is 63.4 Å². The van der Waals surface area contributed by atoms with Gasteiger partial charge in [-0.15, -0.1) is 0 Å². The van der Waals surface area contributed by atoms with Crippen molar-refractivity contribution in [1.29, 1.82) is 0 Å². The molecule has 0 saturated carbocycles. The first-order valence-corrected chi connectivity index (χ1v) is 12.5. The number of piperazine rings is 1. The van der Waals surface area contributed by atoms with Crippen molar-refractivity contribution in [2.75, 3.05) is 42.6 Å². The van der Waals surface area contributed by atoms with Gasteiger partial charge in [0, 0.05) is 39.6 Å². The predicted octanol–water partition coefficient (Wildman–Crippen LogP) is 2.36. The molecule has 3 heterocycles. The van der Waals surface area contributed by atoms with Gasteiger partial charge in [-0.2, -0.15) is 5.10 Å². The van der Waals surface area contributed by atoms with Crippen LogP contribution >= 0.6 is 23.8 Å². The van der Waals surface area contributed by atoms with E-state index in [4.69, 9.17) is 28.9 Å². The summed E-state index contributed by atoms with van der Waals surface area (Å²) in [6.45, 7) is 4.25. The van der Waals surface area contributed by atoms with Crippen molar-refractivity contribution in [2.45, 2.75) is 19.5 Å². The van der Waals surface area contributed by atoms with Gasteiger partial charge in [0.2, 0.25) is 0 Å². The van der Waals surface area contributed by atoms with Gasteiger partial charge in [-0.05, 0) is 36.7 Å². The molecule has 2 saturated heterocycles. The molecule has 29 heavy (non-hydrogen) atoms. The van der Waals surface area contributed by atoms with E-state index in [-0.39, 0.29) is 11.7 Å². The Balaban J connectivity index is 1.38. The first-order chi connectivity index (χ1) is 13.8. The molecule has 1 aromatic heterocycles. The maximum Gasteiger partial charge on any atom is 0.198 e. The van der Waals surface area contributed by atoms with Gasteiger partial charge in [-0.3, -0.25) is 4.90 Å². The maximum atomic E-state index is 11.7. The van der Waals surface area contributed by atoms with Gasteiger partial charge in [-0.25, -0.2) is 13.1 Å². The lowest BCUT2D eigenvalue weighted by molar-refractivity contribution is 0.194. The van der Waals surface area contributed by atoms with Crippen LogP contribution in [0.1, 0.15) is 12.2 Å². The molecule has 1 atom stereocenters. The van der Waals surface area contributed by atoms with Crippen LogP contribution < -0.4 is 4.90 Å². The van der Waals surface area contributed by atoms with E-state index in [1.54, 1.807) is 0 Å². The summed E-state index contributed by atoms with van der Waals surface area (Å²) in [4.78, 5) is 4.64. The van der Waals surface area contributed by atoms with E-state index in [1.165, 1.54) is 0 Å². The summed E-state index contributed by atoms with van der Waals surface area (Å²) in [7, 11) is -0.961. The van der Waals surface area contributed by atoms with Gasteiger partial charge in [-0.1, -0.05) is 23.7 Å². The van der Waals surface area contributed by atoms with Gasteiger partial charge < -0.3 is 9.47 Å². The molecule has 0 amide bonds. The lowest BCUT2D eigenvalue weighted by Crippen LogP contribution is -2.47. The van der Waals surface area contributed by atoms with Crippen molar-refractivity contribution in [2.24, 2.45) is 13.0 Å². The second-order valence-electron chi connectivity index (χ2n) is 7.93. The smallest absolute Gasteiger partial charge is 0.198 e. The Hall–Kier alpha value is -1.42. The highest BCUT2D eigenvalue weighted by atomic mass is 35.5. The van der Waals surface area contributed by atoms with Gasteiger partial charge in [0.25, 0.3) is 0 Å². The molecule has 2 aliphatic heterocycles. The molecule has 1 unspecified atom stereocenters. The van der Waals surface area contributed by atoms with Crippen LogP contribution in [0.4, 0.5) is 5.69 Å². The van der Waals surface area contributed by atoms with Crippen LogP contribution in [0.25, 0.3) is 0 Å². The van der Waals surface area contributed by atoms with Crippen LogP contribution in [0.3, 0.4) is 0 Å². The Morgan fingerprint density at radius 1 is 1.21 bits per heavy atom. The summed E-state index contributed by atoms with van der Waals surface area (Å²) in [5.41, 5.74) is 1.08. The number of aromatic nitrogens is 3. The van der Waals surface area contributed by atoms with Gasteiger partial charge in [0.1, 0.15) is 5.82 Å². The van der Waals surface area contributed by atoms with E-state index in [1.807, 2.05) is 34.5 Å². The second-order valence-corrected chi connectivity index (χ2v) is 10.9. The molecule has 0 spiro atoms. The zero-order valence-corrected chi connectivity index (χ0v) is 18.9. The number of para-hydroxylation sites is 1. The fraction of sp³-hybridized carbons (Fsp3) is 0.579. The van der Waals surface area contributed by atoms with Crippen LogP contribution in [-0.4, -0.2) is 65.4 Å². The first-order valence-electron chi connectivity index (χ1n) is 9.87. The third-order valence-corrected chi connectivity index (χ3v) is 8.47. The summed E-state index contributed by atoms with van der Waals surface area (Å²) in [6, 6.07) is 7.94. The van der Waals surface area contributed by atoms with E-state index >= 15 is 0 Å². The fourth-order valence-electron chi connectivity index (χ4n) is 4.12. The quantitative estimate of drug-likeness (QED) is 0.645. The van der Waals surface area contributed by atoms with Crippen molar-refractivity contribution >= 4 is 39.3 Å². The highest BCUT2D eigenvalue weighted by Crippen LogP contribution is 2.26. The van der Waals surface area contributed by atoms with Crippen molar-refractivity contribution in [3.8, 4) is 0 Å². The Morgan fingerprint density at radius 2 is 1.93 bits per heavy atom. The van der Waals surface area contributed by atoms with Crippen molar-refractivity contribution in [3.63, 3.8) is 0 Å². The Kier molecular flexibility index (Phi) is 6.02. The Labute approximate surface area is 181 Å². The van der Waals surface area contributed by atoms with Crippen molar-refractivity contribution < 1.29 is 8.42 Å². The fourth-order valence-corrected chi connectivity index (χ4v) is 6.44. The maximum absolute atomic E-state index is 11.7. The number of rotatable bonds is 5.